The lowest BCUT2D eigenvalue weighted by Crippen LogP contribution is -2.12. The molecule has 1 N–H and O–H groups in total. The summed E-state index contributed by atoms with van der Waals surface area (Å²) in [7, 11) is 3.85. The fourth-order valence-corrected chi connectivity index (χ4v) is 2.66. The fourth-order valence-electron chi connectivity index (χ4n) is 2.66. The molecule has 0 atom stereocenters. The lowest BCUT2D eigenvalue weighted by atomic mass is 10.0. The Morgan fingerprint density at radius 1 is 1.37 bits per heavy atom. The Morgan fingerprint density at radius 3 is 2.84 bits per heavy atom. The van der Waals surface area contributed by atoms with Gasteiger partial charge in [-0.15, -0.1) is 0 Å². The first-order valence-corrected chi connectivity index (χ1v) is 6.18. The molecule has 0 spiro atoms. The highest BCUT2D eigenvalue weighted by molar-refractivity contribution is 5.87. The first kappa shape index (κ1) is 11.8. The quantitative estimate of drug-likeness (QED) is 0.891. The number of carboxylic acid groups (broad SMARTS) is 1. The number of aromatic carboxylic acids is 1. The average Bonchev–Trinajstić information content (AvgIpc) is 2.94. The van der Waals surface area contributed by atoms with E-state index >= 15 is 0 Å². The molecular formula is C14H15N3O2. The van der Waals surface area contributed by atoms with Gasteiger partial charge in [-0.25, -0.2) is 4.79 Å². The van der Waals surface area contributed by atoms with Crippen molar-refractivity contribution in [2.24, 2.45) is 7.05 Å². The molecule has 1 aromatic carbocycles. The Hall–Kier alpha value is -2.30. The molecule has 0 unspecified atom stereocenters. The van der Waals surface area contributed by atoms with Crippen LogP contribution >= 0.6 is 0 Å². The third-order valence-electron chi connectivity index (χ3n) is 3.63. The number of likely N-dealkylation sites (N-methyl/N-ethyl adjacent to an activating group) is 1. The van der Waals surface area contributed by atoms with Crippen LogP contribution in [0.15, 0.2) is 24.3 Å². The first-order chi connectivity index (χ1) is 9.08. The van der Waals surface area contributed by atoms with E-state index in [1.54, 1.807) is 17.8 Å². The van der Waals surface area contributed by atoms with Gasteiger partial charge in [0.2, 0.25) is 0 Å². The van der Waals surface area contributed by atoms with Gasteiger partial charge in [-0.05, 0) is 24.1 Å². The van der Waals surface area contributed by atoms with Crippen molar-refractivity contribution in [3.63, 3.8) is 0 Å². The van der Waals surface area contributed by atoms with Crippen LogP contribution in [-0.4, -0.2) is 34.4 Å². The van der Waals surface area contributed by atoms with Crippen LogP contribution in [0.5, 0.6) is 0 Å². The number of rotatable bonds is 2. The van der Waals surface area contributed by atoms with Crippen molar-refractivity contribution in [3.8, 4) is 11.3 Å². The molecule has 5 heteroatoms. The number of aromatic nitrogens is 2. The van der Waals surface area contributed by atoms with E-state index < -0.39 is 5.97 Å². The molecular weight excluding hydrogens is 242 g/mol. The van der Waals surface area contributed by atoms with Gasteiger partial charge in [-0.2, -0.15) is 5.10 Å². The van der Waals surface area contributed by atoms with Crippen molar-refractivity contribution in [1.29, 1.82) is 0 Å². The zero-order chi connectivity index (χ0) is 13.6. The van der Waals surface area contributed by atoms with Gasteiger partial charge in [0.1, 0.15) is 0 Å². The molecule has 2 heterocycles. The summed E-state index contributed by atoms with van der Waals surface area (Å²) >= 11 is 0. The maximum atomic E-state index is 11.0. The minimum Gasteiger partial charge on any atom is -0.476 e. The molecule has 1 aliphatic heterocycles. The molecule has 0 bridgehead atoms. The van der Waals surface area contributed by atoms with E-state index in [0.717, 1.165) is 24.2 Å². The Kier molecular flexibility index (Phi) is 2.55. The Balaban J connectivity index is 2.16. The summed E-state index contributed by atoms with van der Waals surface area (Å²) in [6.07, 6.45) is 0.982. The summed E-state index contributed by atoms with van der Waals surface area (Å²) in [5.74, 6) is -0.994. The van der Waals surface area contributed by atoms with Crippen LogP contribution in [0.1, 0.15) is 16.1 Å². The number of hydrogen-bond donors (Lipinski definition) is 1. The molecule has 0 saturated heterocycles. The van der Waals surface area contributed by atoms with E-state index in [1.807, 2.05) is 12.1 Å². The van der Waals surface area contributed by atoms with Gasteiger partial charge in [0.05, 0.1) is 5.69 Å². The summed E-state index contributed by atoms with van der Waals surface area (Å²) in [4.78, 5) is 13.2. The van der Waals surface area contributed by atoms with Crippen LogP contribution in [0.4, 0.5) is 5.69 Å². The zero-order valence-corrected chi connectivity index (χ0v) is 10.9. The van der Waals surface area contributed by atoms with Crippen molar-refractivity contribution in [2.45, 2.75) is 6.42 Å². The molecule has 1 aliphatic rings. The Morgan fingerprint density at radius 2 is 2.16 bits per heavy atom. The lowest BCUT2D eigenvalue weighted by Gasteiger charge is -2.13. The second kappa shape index (κ2) is 4.12. The summed E-state index contributed by atoms with van der Waals surface area (Å²) in [5.41, 5.74) is 4.50. The zero-order valence-electron chi connectivity index (χ0n) is 10.9. The molecule has 0 amide bonds. The SMILES string of the molecule is CN1CCc2c(-c3cc(C(=O)O)nn3C)cccc21. The van der Waals surface area contributed by atoms with Gasteiger partial charge in [-0.3, -0.25) is 4.68 Å². The molecule has 5 nitrogen and oxygen atoms in total. The highest BCUT2D eigenvalue weighted by Crippen LogP contribution is 2.35. The predicted octanol–water partition coefficient (Wildman–Crippen LogP) is 1.78. The van der Waals surface area contributed by atoms with Crippen molar-refractivity contribution in [1.82, 2.24) is 9.78 Å². The molecule has 0 fully saturated rings. The molecule has 0 saturated carbocycles. The molecule has 98 valence electrons. The smallest absolute Gasteiger partial charge is 0.356 e. The molecule has 0 aliphatic carbocycles. The monoisotopic (exact) mass is 257 g/mol. The minimum absolute atomic E-state index is 0.0847. The van der Waals surface area contributed by atoms with Gasteiger partial charge in [0, 0.05) is 31.9 Å². The third-order valence-corrected chi connectivity index (χ3v) is 3.63. The highest BCUT2D eigenvalue weighted by Gasteiger charge is 2.22. The topological polar surface area (TPSA) is 58.4 Å². The molecule has 2 aromatic rings. The second-order valence-corrected chi connectivity index (χ2v) is 4.82. The number of fused-ring (bicyclic) bond motifs is 1. The average molecular weight is 257 g/mol. The van der Waals surface area contributed by atoms with Crippen LogP contribution in [0.25, 0.3) is 11.3 Å². The Bertz CT molecular complexity index is 661. The summed E-state index contributed by atoms with van der Waals surface area (Å²) in [5, 5.41) is 13.1. The summed E-state index contributed by atoms with van der Waals surface area (Å²) in [6.45, 7) is 0.996. The second-order valence-electron chi connectivity index (χ2n) is 4.82. The number of hydrogen-bond acceptors (Lipinski definition) is 3. The number of anilines is 1. The van der Waals surface area contributed by atoms with Crippen LogP contribution in [-0.2, 0) is 13.5 Å². The van der Waals surface area contributed by atoms with Crippen molar-refractivity contribution < 1.29 is 9.90 Å². The van der Waals surface area contributed by atoms with Crippen molar-refractivity contribution in [3.05, 3.63) is 35.5 Å². The summed E-state index contributed by atoms with van der Waals surface area (Å²) < 4.78 is 1.64. The van der Waals surface area contributed by atoms with Crippen LogP contribution in [0, 0.1) is 0 Å². The number of nitrogens with zero attached hydrogens (tertiary/aromatic N) is 3. The maximum Gasteiger partial charge on any atom is 0.356 e. The normalized spacial score (nSPS) is 13.7. The van der Waals surface area contributed by atoms with Gasteiger partial charge in [0.15, 0.2) is 5.69 Å². The highest BCUT2D eigenvalue weighted by atomic mass is 16.4. The standard InChI is InChI=1S/C14H15N3O2/c1-16-7-6-10-9(4-3-5-12(10)16)13-8-11(14(18)19)15-17(13)2/h3-5,8H,6-7H2,1-2H3,(H,18,19). The number of benzene rings is 1. The minimum atomic E-state index is -0.994. The fraction of sp³-hybridized carbons (Fsp3) is 0.286. The number of carboxylic acids is 1. The van der Waals surface area contributed by atoms with E-state index in [-0.39, 0.29) is 5.69 Å². The number of carbonyl (C=O) groups is 1. The molecule has 0 radical (unpaired) electrons. The molecule has 19 heavy (non-hydrogen) atoms. The van der Waals surface area contributed by atoms with Gasteiger partial charge in [0.25, 0.3) is 0 Å². The van der Waals surface area contributed by atoms with Crippen LogP contribution < -0.4 is 4.90 Å². The van der Waals surface area contributed by atoms with Gasteiger partial charge < -0.3 is 10.0 Å². The first-order valence-electron chi connectivity index (χ1n) is 6.18. The molecule has 3 rings (SSSR count). The lowest BCUT2D eigenvalue weighted by molar-refractivity contribution is 0.0689. The van der Waals surface area contributed by atoms with E-state index in [0.29, 0.717) is 0 Å². The largest absolute Gasteiger partial charge is 0.476 e. The van der Waals surface area contributed by atoms with E-state index in [4.69, 9.17) is 5.11 Å². The van der Waals surface area contributed by atoms with Crippen molar-refractivity contribution >= 4 is 11.7 Å². The number of aryl methyl sites for hydroxylation is 1. The van der Waals surface area contributed by atoms with Crippen LogP contribution in [0.3, 0.4) is 0 Å². The van der Waals surface area contributed by atoms with E-state index in [1.165, 1.54) is 11.3 Å². The Labute approximate surface area is 111 Å². The third kappa shape index (κ3) is 1.78. The maximum absolute atomic E-state index is 11.0. The van der Waals surface area contributed by atoms with E-state index in [2.05, 4.69) is 23.1 Å². The molecule has 1 aromatic heterocycles. The van der Waals surface area contributed by atoms with Crippen LogP contribution in [0.2, 0.25) is 0 Å². The van der Waals surface area contributed by atoms with E-state index in [9.17, 15) is 4.79 Å². The van der Waals surface area contributed by atoms with Gasteiger partial charge >= 0.3 is 5.97 Å². The predicted molar refractivity (Wildman–Crippen MR) is 72.6 cm³/mol. The summed E-state index contributed by atoms with van der Waals surface area (Å²) in [6, 6.07) is 7.76. The van der Waals surface area contributed by atoms with Crippen molar-refractivity contribution in [2.75, 3.05) is 18.5 Å². The van der Waals surface area contributed by atoms with Gasteiger partial charge in [-0.1, -0.05) is 12.1 Å².